The fourth-order valence-electron chi connectivity index (χ4n) is 3.07. The van der Waals surface area contributed by atoms with E-state index in [2.05, 4.69) is 15.3 Å². The molecule has 9 nitrogen and oxygen atoms in total. The minimum Gasteiger partial charge on any atom is -0.495 e. The molecule has 3 rings (SSSR count). The summed E-state index contributed by atoms with van der Waals surface area (Å²) in [7, 11) is -1.56. The van der Waals surface area contributed by atoms with Crippen LogP contribution in [0.2, 0.25) is 0 Å². The molecule has 0 spiro atoms. The van der Waals surface area contributed by atoms with Gasteiger partial charge in [-0.2, -0.15) is 0 Å². The molecule has 0 bridgehead atoms. The molecule has 166 valence electrons. The number of nitrogens with two attached hydrogens (primary N) is 1. The summed E-state index contributed by atoms with van der Waals surface area (Å²) in [5.41, 5.74) is 1.66. The minimum atomic E-state index is -4.09. The number of carbonyl (C=O) groups excluding carboxylic acids is 1. The number of guanidine groups is 1. The molecule has 2 heterocycles. The zero-order chi connectivity index (χ0) is 23.1. The van der Waals surface area contributed by atoms with Crippen molar-refractivity contribution in [1.82, 2.24) is 9.29 Å². The Morgan fingerprint density at radius 2 is 1.97 bits per heavy atom. The number of ether oxygens (including phenoxy) is 1. The zero-order valence-corrected chi connectivity index (χ0v) is 17.4. The van der Waals surface area contributed by atoms with Crippen LogP contribution in [0.15, 0.2) is 29.4 Å². The maximum absolute atomic E-state index is 15.2. The molecular weight excluding hydrogens is 439 g/mol. The van der Waals surface area contributed by atoms with Crippen LogP contribution in [0.5, 0.6) is 5.75 Å². The van der Waals surface area contributed by atoms with Gasteiger partial charge in [-0.25, -0.2) is 35.9 Å². The molecule has 2 aromatic rings. The SMILES string of the molecule is COc1ccc(C(=O)Nc2cc(F)c(F)c([C@]3(C)CS(=O)(=O)N(C)C(N)=N3)c2F)nc1. The van der Waals surface area contributed by atoms with Gasteiger partial charge < -0.3 is 15.8 Å². The summed E-state index contributed by atoms with van der Waals surface area (Å²) in [6, 6.07) is 3.15. The van der Waals surface area contributed by atoms with E-state index in [9.17, 15) is 22.0 Å². The van der Waals surface area contributed by atoms with E-state index in [4.69, 9.17) is 10.5 Å². The first kappa shape index (κ1) is 22.3. The molecule has 3 N–H and O–H groups in total. The number of anilines is 1. The molecule has 13 heteroatoms. The molecule has 0 aliphatic carbocycles. The largest absolute Gasteiger partial charge is 0.495 e. The van der Waals surface area contributed by atoms with Gasteiger partial charge in [0.15, 0.2) is 17.5 Å². The Kier molecular flexibility index (Phi) is 5.56. The maximum atomic E-state index is 15.2. The van der Waals surface area contributed by atoms with Crippen molar-refractivity contribution in [1.29, 1.82) is 0 Å². The number of sulfonamides is 1. The van der Waals surface area contributed by atoms with Gasteiger partial charge in [0.25, 0.3) is 5.91 Å². The maximum Gasteiger partial charge on any atom is 0.274 e. The normalized spacial score (nSPS) is 20.2. The molecule has 1 amide bonds. The molecule has 1 aliphatic heterocycles. The third-order valence-electron chi connectivity index (χ3n) is 4.71. The number of nitrogens with one attached hydrogen (secondary N) is 1. The number of carbonyl (C=O) groups is 1. The highest BCUT2D eigenvalue weighted by Crippen LogP contribution is 2.38. The lowest BCUT2D eigenvalue weighted by atomic mass is 9.92. The Morgan fingerprint density at radius 1 is 1.29 bits per heavy atom. The Bertz CT molecular complexity index is 1190. The van der Waals surface area contributed by atoms with E-state index >= 15 is 4.39 Å². The summed E-state index contributed by atoms with van der Waals surface area (Å²) in [6.45, 7) is 1.10. The van der Waals surface area contributed by atoms with Crippen LogP contribution >= 0.6 is 0 Å². The lowest BCUT2D eigenvalue weighted by Crippen LogP contribution is -2.50. The van der Waals surface area contributed by atoms with Crippen molar-refractivity contribution in [3.05, 3.63) is 53.1 Å². The lowest BCUT2D eigenvalue weighted by Gasteiger charge is -2.35. The number of methoxy groups -OCH3 is 1. The smallest absolute Gasteiger partial charge is 0.274 e. The highest BCUT2D eigenvalue weighted by Gasteiger charge is 2.44. The number of aromatic nitrogens is 1. The second-order valence-electron chi connectivity index (χ2n) is 6.91. The number of hydrogen-bond acceptors (Lipinski definition) is 7. The van der Waals surface area contributed by atoms with Crippen molar-refractivity contribution < 1.29 is 31.1 Å². The van der Waals surface area contributed by atoms with Crippen LogP contribution in [0.25, 0.3) is 0 Å². The molecular formula is C18H18F3N5O4S. The first-order valence-electron chi connectivity index (χ1n) is 8.71. The molecule has 0 radical (unpaired) electrons. The summed E-state index contributed by atoms with van der Waals surface area (Å²) < 4.78 is 74.4. The van der Waals surface area contributed by atoms with Crippen LogP contribution in [0.4, 0.5) is 18.9 Å². The summed E-state index contributed by atoms with van der Waals surface area (Å²) in [6.07, 6.45) is 1.24. The second-order valence-corrected chi connectivity index (χ2v) is 8.91. The van der Waals surface area contributed by atoms with Gasteiger partial charge in [-0.3, -0.25) is 4.79 Å². The lowest BCUT2D eigenvalue weighted by molar-refractivity contribution is 0.102. The van der Waals surface area contributed by atoms with Crippen molar-refractivity contribution in [2.24, 2.45) is 10.7 Å². The topological polar surface area (TPSA) is 127 Å². The molecule has 31 heavy (non-hydrogen) atoms. The van der Waals surface area contributed by atoms with Crippen LogP contribution in [0, 0.1) is 17.5 Å². The number of nitrogens with zero attached hydrogens (tertiary/aromatic N) is 3. The van der Waals surface area contributed by atoms with Crippen molar-refractivity contribution in [2.45, 2.75) is 12.5 Å². The van der Waals surface area contributed by atoms with Crippen LogP contribution in [0.3, 0.4) is 0 Å². The van der Waals surface area contributed by atoms with E-state index < -0.39 is 61.9 Å². The Balaban J connectivity index is 2.07. The minimum absolute atomic E-state index is 0.151. The molecule has 0 fully saturated rings. The van der Waals surface area contributed by atoms with Gasteiger partial charge >= 0.3 is 0 Å². The Hall–Kier alpha value is -3.35. The van der Waals surface area contributed by atoms with Crippen LogP contribution in [-0.2, 0) is 15.6 Å². The van der Waals surface area contributed by atoms with Crippen molar-refractivity contribution in [3.8, 4) is 5.75 Å². The molecule has 0 saturated carbocycles. The highest BCUT2D eigenvalue weighted by molar-refractivity contribution is 7.89. The Labute approximate surface area is 175 Å². The Morgan fingerprint density at radius 3 is 2.52 bits per heavy atom. The van der Waals surface area contributed by atoms with E-state index in [0.29, 0.717) is 16.1 Å². The molecule has 1 aromatic carbocycles. The zero-order valence-electron chi connectivity index (χ0n) is 16.6. The number of pyridine rings is 1. The molecule has 1 atom stereocenters. The molecule has 1 aromatic heterocycles. The predicted octanol–water partition coefficient (Wildman–Crippen LogP) is 1.56. The second kappa shape index (κ2) is 7.72. The van der Waals surface area contributed by atoms with Crippen LogP contribution < -0.4 is 15.8 Å². The van der Waals surface area contributed by atoms with Crippen molar-refractivity contribution in [2.75, 3.05) is 25.2 Å². The average Bonchev–Trinajstić information content (AvgIpc) is 2.70. The predicted molar refractivity (Wildman–Crippen MR) is 106 cm³/mol. The molecule has 1 aliphatic rings. The van der Waals surface area contributed by atoms with Crippen molar-refractivity contribution >= 4 is 27.6 Å². The standard InChI is InChI=1S/C18H18F3N5O4S/c1-18(8-31(28,29)26(2)17(22)25-18)13-14(20)10(19)6-12(15(13)21)24-16(27)11-5-4-9(30-3)7-23-11/h4-7H,8H2,1-3H3,(H2,22,25)(H,24,27)/t18-/m0/s1. The van der Waals surface area contributed by atoms with Crippen LogP contribution in [0.1, 0.15) is 23.0 Å². The number of amides is 1. The van der Waals surface area contributed by atoms with E-state index in [1.165, 1.54) is 25.4 Å². The third kappa shape index (κ3) is 4.00. The quantitative estimate of drug-likeness (QED) is 0.671. The van der Waals surface area contributed by atoms with E-state index in [1.807, 2.05) is 0 Å². The summed E-state index contributed by atoms with van der Waals surface area (Å²) in [5, 5.41) is 2.11. The van der Waals surface area contributed by atoms with E-state index in [0.717, 1.165) is 14.0 Å². The van der Waals surface area contributed by atoms with Gasteiger partial charge in [0.2, 0.25) is 16.0 Å². The summed E-state index contributed by atoms with van der Waals surface area (Å²) in [4.78, 5) is 20.1. The molecule has 0 unspecified atom stereocenters. The average molecular weight is 457 g/mol. The van der Waals surface area contributed by atoms with Gasteiger partial charge in [-0.05, 0) is 19.1 Å². The highest BCUT2D eigenvalue weighted by atomic mass is 32.2. The summed E-state index contributed by atoms with van der Waals surface area (Å²) >= 11 is 0. The molecule has 0 saturated heterocycles. The third-order valence-corrected chi connectivity index (χ3v) is 6.66. The monoisotopic (exact) mass is 457 g/mol. The van der Waals surface area contributed by atoms with Crippen molar-refractivity contribution in [3.63, 3.8) is 0 Å². The van der Waals surface area contributed by atoms with Gasteiger partial charge in [-0.15, -0.1) is 0 Å². The number of rotatable bonds is 4. The van der Waals surface area contributed by atoms with E-state index in [1.54, 1.807) is 0 Å². The number of halogens is 3. The number of aliphatic imine (C=N–C) groups is 1. The van der Waals surface area contributed by atoms with Gasteiger partial charge in [0, 0.05) is 13.1 Å². The van der Waals surface area contributed by atoms with E-state index in [-0.39, 0.29) is 5.69 Å². The number of hydrogen-bond donors (Lipinski definition) is 2. The number of benzene rings is 1. The summed E-state index contributed by atoms with van der Waals surface area (Å²) in [5.74, 6) is -6.49. The van der Waals surface area contributed by atoms with Gasteiger partial charge in [0.05, 0.1) is 30.3 Å². The first-order valence-corrected chi connectivity index (χ1v) is 10.3. The van der Waals surface area contributed by atoms with Crippen LogP contribution in [-0.4, -0.2) is 49.5 Å². The van der Waals surface area contributed by atoms with Gasteiger partial charge in [0.1, 0.15) is 17.0 Å². The van der Waals surface area contributed by atoms with Gasteiger partial charge in [-0.1, -0.05) is 0 Å². The fraction of sp³-hybridized carbons (Fsp3) is 0.278. The first-order chi connectivity index (χ1) is 14.4. The fourth-order valence-corrected chi connectivity index (χ4v) is 4.51.